The van der Waals surface area contributed by atoms with E-state index in [-0.39, 0.29) is 5.91 Å². The molecule has 7 N–H and O–H groups in total. The number of carbonyl (C=O) groups excluding carboxylic acids is 1. The normalized spacial score (nSPS) is 9.70. The lowest BCUT2D eigenvalue weighted by molar-refractivity contribution is -0.119. The molecule has 0 aliphatic rings. The number of nitrogens with one attached hydrogen (secondary N) is 3. The summed E-state index contributed by atoms with van der Waals surface area (Å²) in [6.45, 7) is 3.89. The number of nitrogens with two attached hydrogens (primary N) is 2. The molecule has 0 radical (unpaired) electrons. The Morgan fingerprint density at radius 2 is 1.44 bits per heavy atom. The predicted octanol–water partition coefficient (Wildman–Crippen LogP) is 2.08. The third kappa shape index (κ3) is 11.3. The lowest BCUT2D eigenvalue weighted by atomic mass is 10.3. The van der Waals surface area contributed by atoms with Crippen LogP contribution in [0.3, 0.4) is 0 Å². The highest BCUT2D eigenvalue weighted by atomic mass is 16.6. The van der Waals surface area contributed by atoms with Gasteiger partial charge < -0.3 is 26.8 Å². The average molecular weight is 375 g/mol. The quantitative estimate of drug-likeness (QED) is 0.258. The molecule has 0 unspecified atom stereocenters. The Balaban J connectivity index is 0.000000277. The minimum absolute atomic E-state index is 0.0638. The summed E-state index contributed by atoms with van der Waals surface area (Å²) in [5, 5.41) is 5.81. The van der Waals surface area contributed by atoms with Crippen LogP contribution in [0.15, 0.2) is 48.5 Å². The third-order valence-corrected chi connectivity index (χ3v) is 3.22. The van der Waals surface area contributed by atoms with Crippen LogP contribution in [0.5, 0.6) is 0 Å². The highest BCUT2D eigenvalue weighted by molar-refractivity contribution is 5.72. The maximum absolute atomic E-state index is 10.5. The van der Waals surface area contributed by atoms with Gasteiger partial charge in [0, 0.05) is 44.2 Å². The van der Waals surface area contributed by atoms with Gasteiger partial charge in [0.05, 0.1) is 18.9 Å². The van der Waals surface area contributed by atoms with Crippen LogP contribution in [0.4, 0.5) is 22.7 Å². The minimum atomic E-state index is -0.0638. The third-order valence-electron chi connectivity index (χ3n) is 3.22. The summed E-state index contributed by atoms with van der Waals surface area (Å²) in [6, 6.07) is 14.8. The van der Waals surface area contributed by atoms with E-state index < -0.39 is 0 Å². The largest absolute Gasteiger partial charge is 0.399 e. The SMILES string of the molecule is CC(=O)NCCONc1ccc(N)cc1.COCCNc1ccc(N)cc1. The number of anilines is 4. The molecule has 2 rings (SSSR count). The van der Waals surface area contributed by atoms with Gasteiger partial charge in [0.2, 0.25) is 5.91 Å². The maximum atomic E-state index is 10.5. The number of hydrogen-bond acceptors (Lipinski definition) is 7. The second kappa shape index (κ2) is 13.3. The van der Waals surface area contributed by atoms with Crippen molar-refractivity contribution in [3.63, 3.8) is 0 Å². The number of rotatable bonds is 9. The molecule has 0 atom stereocenters. The van der Waals surface area contributed by atoms with Crippen molar-refractivity contribution in [2.45, 2.75) is 6.92 Å². The van der Waals surface area contributed by atoms with Crippen molar-refractivity contribution >= 4 is 28.7 Å². The number of nitrogen functional groups attached to an aromatic ring is 2. The van der Waals surface area contributed by atoms with Gasteiger partial charge in [0.1, 0.15) is 0 Å². The molecular weight excluding hydrogens is 346 g/mol. The molecule has 0 aliphatic carbocycles. The first kappa shape index (κ1) is 22.1. The van der Waals surface area contributed by atoms with E-state index >= 15 is 0 Å². The second-order valence-corrected chi connectivity index (χ2v) is 5.60. The Kier molecular flexibility index (Phi) is 10.8. The summed E-state index contributed by atoms with van der Waals surface area (Å²) in [6.07, 6.45) is 0. The van der Waals surface area contributed by atoms with Gasteiger partial charge in [-0.1, -0.05) is 0 Å². The van der Waals surface area contributed by atoms with Crippen molar-refractivity contribution in [3.8, 4) is 0 Å². The van der Waals surface area contributed by atoms with Crippen LogP contribution < -0.4 is 27.6 Å². The number of ether oxygens (including phenoxy) is 1. The van der Waals surface area contributed by atoms with Gasteiger partial charge in [-0.15, -0.1) is 0 Å². The summed E-state index contributed by atoms with van der Waals surface area (Å²) in [5.41, 5.74) is 17.2. The Bertz CT molecular complexity index is 647. The summed E-state index contributed by atoms with van der Waals surface area (Å²) in [5.74, 6) is -0.0638. The van der Waals surface area contributed by atoms with Crippen molar-refractivity contribution in [1.29, 1.82) is 0 Å². The highest BCUT2D eigenvalue weighted by Crippen LogP contribution is 2.10. The molecule has 0 aliphatic heterocycles. The standard InChI is InChI=1S/C10H15N3O2.C9H14N2O/c1-8(14)12-6-7-15-13-10-4-2-9(11)3-5-10;1-12-7-6-11-9-4-2-8(10)3-5-9/h2-5,13H,6-7,11H2,1H3,(H,12,14);2-5,11H,6-7,10H2,1H3. The van der Waals surface area contributed by atoms with Crippen LogP contribution >= 0.6 is 0 Å². The molecule has 0 fully saturated rings. The molecule has 0 saturated carbocycles. The molecule has 1 amide bonds. The molecule has 0 heterocycles. The first-order valence-corrected chi connectivity index (χ1v) is 8.57. The maximum Gasteiger partial charge on any atom is 0.216 e. The number of methoxy groups -OCH3 is 1. The summed E-state index contributed by atoms with van der Waals surface area (Å²) in [7, 11) is 1.69. The number of benzene rings is 2. The van der Waals surface area contributed by atoms with E-state index in [1.807, 2.05) is 36.4 Å². The zero-order valence-electron chi connectivity index (χ0n) is 15.8. The molecule has 8 heteroatoms. The Morgan fingerprint density at radius 1 is 0.889 bits per heavy atom. The number of amides is 1. The summed E-state index contributed by atoms with van der Waals surface area (Å²) < 4.78 is 4.90. The smallest absolute Gasteiger partial charge is 0.216 e. The fourth-order valence-electron chi connectivity index (χ4n) is 1.86. The van der Waals surface area contributed by atoms with Crippen molar-refractivity contribution in [2.24, 2.45) is 0 Å². The summed E-state index contributed by atoms with van der Waals surface area (Å²) in [4.78, 5) is 15.6. The monoisotopic (exact) mass is 375 g/mol. The molecule has 2 aromatic carbocycles. The number of hydrogen-bond donors (Lipinski definition) is 5. The predicted molar refractivity (Wildman–Crippen MR) is 110 cm³/mol. The molecule has 0 spiro atoms. The van der Waals surface area contributed by atoms with Crippen molar-refractivity contribution in [1.82, 2.24) is 5.32 Å². The highest BCUT2D eigenvalue weighted by Gasteiger charge is 1.93. The van der Waals surface area contributed by atoms with Gasteiger partial charge in [-0.05, 0) is 48.5 Å². The molecule has 0 aromatic heterocycles. The van der Waals surface area contributed by atoms with E-state index in [2.05, 4.69) is 16.1 Å². The van der Waals surface area contributed by atoms with Gasteiger partial charge in [-0.2, -0.15) is 0 Å². The van der Waals surface area contributed by atoms with E-state index in [0.717, 1.165) is 23.6 Å². The molecule has 2 aromatic rings. The Morgan fingerprint density at radius 3 is 1.96 bits per heavy atom. The molecule has 0 saturated heterocycles. The second-order valence-electron chi connectivity index (χ2n) is 5.60. The topological polar surface area (TPSA) is 124 Å². The lowest BCUT2D eigenvalue weighted by Gasteiger charge is -2.07. The van der Waals surface area contributed by atoms with Crippen LogP contribution in [-0.4, -0.2) is 39.3 Å². The van der Waals surface area contributed by atoms with Gasteiger partial charge >= 0.3 is 0 Å². The molecule has 27 heavy (non-hydrogen) atoms. The van der Waals surface area contributed by atoms with E-state index in [9.17, 15) is 4.79 Å². The van der Waals surface area contributed by atoms with Crippen LogP contribution in [0.25, 0.3) is 0 Å². The fraction of sp³-hybridized carbons (Fsp3) is 0.316. The van der Waals surface area contributed by atoms with Gasteiger partial charge in [0.15, 0.2) is 0 Å². The van der Waals surface area contributed by atoms with Crippen molar-refractivity contribution in [3.05, 3.63) is 48.5 Å². The number of carbonyl (C=O) groups is 1. The first-order valence-electron chi connectivity index (χ1n) is 8.57. The van der Waals surface area contributed by atoms with Gasteiger partial charge in [-0.3, -0.25) is 15.1 Å². The van der Waals surface area contributed by atoms with E-state index in [0.29, 0.717) is 25.4 Å². The van der Waals surface area contributed by atoms with Crippen LogP contribution in [0.2, 0.25) is 0 Å². The molecule has 0 bridgehead atoms. The van der Waals surface area contributed by atoms with Gasteiger partial charge in [0.25, 0.3) is 0 Å². The molecule has 148 valence electrons. The van der Waals surface area contributed by atoms with Crippen LogP contribution in [-0.2, 0) is 14.4 Å². The van der Waals surface area contributed by atoms with E-state index in [4.69, 9.17) is 21.0 Å². The van der Waals surface area contributed by atoms with Gasteiger partial charge in [-0.25, -0.2) is 0 Å². The van der Waals surface area contributed by atoms with Crippen LogP contribution in [0.1, 0.15) is 6.92 Å². The van der Waals surface area contributed by atoms with E-state index in [1.165, 1.54) is 6.92 Å². The van der Waals surface area contributed by atoms with E-state index in [1.54, 1.807) is 19.2 Å². The van der Waals surface area contributed by atoms with Crippen molar-refractivity contribution in [2.75, 3.05) is 55.7 Å². The lowest BCUT2D eigenvalue weighted by Crippen LogP contribution is -2.25. The zero-order valence-corrected chi connectivity index (χ0v) is 15.8. The van der Waals surface area contributed by atoms with Crippen molar-refractivity contribution < 1.29 is 14.4 Å². The summed E-state index contributed by atoms with van der Waals surface area (Å²) >= 11 is 0. The Hall–Kier alpha value is -2.97. The first-order chi connectivity index (χ1) is 13.0. The molecular formula is C19H29N5O3. The average Bonchev–Trinajstić information content (AvgIpc) is 2.65. The molecule has 8 nitrogen and oxygen atoms in total. The zero-order chi connectivity index (χ0) is 19.9. The minimum Gasteiger partial charge on any atom is -0.399 e. The fourth-order valence-corrected chi connectivity index (χ4v) is 1.86. The Labute approximate surface area is 160 Å². The van der Waals surface area contributed by atoms with Crippen LogP contribution in [0, 0.1) is 0 Å².